The van der Waals surface area contributed by atoms with E-state index in [2.05, 4.69) is 15.0 Å². The van der Waals surface area contributed by atoms with Crippen molar-refractivity contribution < 1.29 is 10.2 Å². The Kier molecular flexibility index (Phi) is 5.27. The smallest absolute Gasteiger partial charge is 0.151 e. The first-order valence-electron chi connectivity index (χ1n) is 6.65. The average Bonchev–Trinajstić information content (AvgIpc) is 2.91. The molecule has 0 fully saturated rings. The van der Waals surface area contributed by atoms with Crippen LogP contribution in [-0.4, -0.2) is 63.5 Å². The normalized spacial score (nSPS) is 14.3. The molecular weight excluding hydrogens is 290 g/mol. The van der Waals surface area contributed by atoms with Crippen LogP contribution in [0.2, 0.25) is 0 Å². The van der Waals surface area contributed by atoms with Gasteiger partial charge in [0, 0.05) is 31.5 Å². The number of aromatic amines is 1. The maximum Gasteiger partial charge on any atom is 0.151 e. The second-order valence-corrected chi connectivity index (χ2v) is 5.91. The molecule has 0 amide bonds. The van der Waals surface area contributed by atoms with Gasteiger partial charge in [-0.1, -0.05) is 0 Å². The van der Waals surface area contributed by atoms with Crippen molar-refractivity contribution in [3.63, 3.8) is 0 Å². The number of nitrogens with one attached hydrogen (secondary N) is 1. The predicted octanol–water partition coefficient (Wildman–Crippen LogP) is 0.309. The molecule has 0 bridgehead atoms. The van der Waals surface area contributed by atoms with Crippen LogP contribution in [0.5, 0.6) is 0 Å². The van der Waals surface area contributed by atoms with E-state index in [-0.39, 0.29) is 12.5 Å². The predicted molar refractivity (Wildman–Crippen MR) is 86.5 cm³/mol. The molecule has 0 aliphatic heterocycles. The number of nitrogen functional groups attached to an aromatic ring is 1. The summed E-state index contributed by atoms with van der Waals surface area (Å²) in [7, 11) is 1.93. The minimum atomic E-state index is -0.732. The van der Waals surface area contributed by atoms with Crippen molar-refractivity contribution in [1.82, 2.24) is 15.0 Å². The molecule has 116 valence electrons. The van der Waals surface area contributed by atoms with E-state index in [0.717, 1.165) is 17.0 Å². The number of hydrogen-bond acceptors (Lipinski definition) is 7. The summed E-state index contributed by atoms with van der Waals surface area (Å²) >= 11 is 1.65. The molecule has 0 unspecified atom stereocenters. The third kappa shape index (κ3) is 3.39. The Morgan fingerprint density at radius 3 is 2.90 bits per heavy atom. The van der Waals surface area contributed by atoms with Crippen LogP contribution in [0.15, 0.2) is 12.5 Å². The first-order valence-corrected chi connectivity index (χ1v) is 8.04. The van der Waals surface area contributed by atoms with E-state index in [0.29, 0.717) is 17.9 Å². The zero-order valence-electron chi connectivity index (χ0n) is 12.2. The topological polar surface area (TPSA) is 111 Å². The lowest BCUT2D eigenvalue weighted by molar-refractivity contribution is 0.0576. The van der Waals surface area contributed by atoms with Gasteiger partial charge < -0.3 is 25.8 Å². The number of aliphatic hydroxyl groups excluding tert-OH is 2. The van der Waals surface area contributed by atoms with Crippen LogP contribution < -0.4 is 10.6 Å². The number of fused-ring (bicyclic) bond motifs is 1. The Balaban J connectivity index is 2.21. The SMILES string of the molecule is CSC[C@@H](CN(C)c1c[nH]c2c(N)ncnc12)[C@H](O)CO. The zero-order valence-corrected chi connectivity index (χ0v) is 13.0. The lowest BCUT2D eigenvalue weighted by Gasteiger charge is -2.27. The molecular formula is C13H21N5O2S. The monoisotopic (exact) mass is 311 g/mol. The third-order valence-corrected chi connectivity index (χ3v) is 4.27. The van der Waals surface area contributed by atoms with Crippen LogP contribution in [0.25, 0.3) is 11.0 Å². The molecule has 0 saturated heterocycles. The summed E-state index contributed by atoms with van der Waals surface area (Å²) in [5.41, 5.74) is 8.18. The van der Waals surface area contributed by atoms with Crippen molar-refractivity contribution in [1.29, 1.82) is 0 Å². The van der Waals surface area contributed by atoms with E-state index in [1.807, 2.05) is 24.4 Å². The van der Waals surface area contributed by atoms with E-state index in [1.165, 1.54) is 6.33 Å². The first kappa shape index (κ1) is 15.9. The number of nitrogens with two attached hydrogens (primary N) is 1. The highest BCUT2D eigenvalue weighted by molar-refractivity contribution is 7.98. The first-order chi connectivity index (χ1) is 10.1. The average molecular weight is 311 g/mol. The van der Waals surface area contributed by atoms with Gasteiger partial charge in [0.25, 0.3) is 0 Å². The van der Waals surface area contributed by atoms with Crippen LogP contribution in [0.1, 0.15) is 0 Å². The molecule has 7 nitrogen and oxygen atoms in total. The molecule has 21 heavy (non-hydrogen) atoms. The molecule has 0 spiro atoms. The summed E-state index contributed by atoms with van der Waals surface area (Å²) in [6.07, 6.45) is 4.52. The molecule has 2 atom stereocenters. The summed E-state index contributed by atoms with van der Waals surface area (Å²) in [5, 5.41) is 19.1. The van der Waals surface area contributed by atoms with Gasteiger partial charge >= 0.3 is 0 Å². The molecule has 8 heteroatoms. The van der Waals surface area contributed by atoms with Crippen LogP contribution in [-0.2, 0) is 0 Å². The Bertz CT molecular complexity index is 591. The lowest BCUT2D eigenvalue weighted by atomic mass is 10.0. The largest absolute Gasteiger partial charge is 0.394 e. The summed E-state index contributed by atoms with van der Waals surface area (Å²) in [4.78, 5) is 13.3. The van der Waals surface area contributed by atoms with Crippen LogP contribution in [0, 0.1) is 5.92 Å². The molecule has 0 aliphatic carbocycles. The van der Waals surface area contributed by atoms with Gasteiger partial charge in [0.2, 0.25) is 0 Å². The van der Waals surface area contributed by atoms with Crippen molar-refractivity contribution in [2.45, 2.75) is 6.10 Å². The molecule has 2 aromatic rings. The van der Waals surface area contributed by atoms with Crippen LogP contribution >= 0.6 is 11.8 Å². The number of H-pyrrole nitrogens is 1. The van der Waals surface area contributed by atoms with E-state index < -0.39 is 6.10 Å². The maximum atomic E-state index is 9.91. The molecule has 5 N–H and O–H groups in total. The van der Waals surface area contributed by atoms with Gasteiger partial charge in [-0.2, -0.15) is 11.8 Å². The lowest BCUT2D eigenvalue weighted by Crippen LogP contribution is -2.36. The summed E-state index contributed by atoms with van der Waals surface area (Å²) in [5.74, 6) is 1.15. The van der Waals surface area contributed by atoms with Crippen molar-refractivity contribution in [3.8, 4) is 0 Å². The van der Waals surface area contributed by atoms with Gasteiger partial charge in [0.05, 0.1) is 18.4 Å². The molecule has 0 aromatic carbocycles. The molecule has 2 heterocycles. The maximum absolute atomic E-state index is 9.91. The van der Waals surface area contributed by atoms with Gasteiger partial charge in [-0.25, -0.2) is 9.97 Å². The molecule has 2 aromatic heterocycles. The number of thioether (sulfide) groups is 1. The zero-order chi connectivity index (χ0) is 15.4. The highest BCUT2D eigenvalue weighted by Gasteiger charge is 2.21. The van der Waals surface area contributed by atoms with Gasteiger partial charge in [-0.3, -0.25) is 0 Å². The minimum Gasteiger partial charge on any atom is -0.394 e. The fourth-order valence-corrected chi connectivity index (χ4v) is 3.09. The van der Waals surface area contributed by atoms with Gasteiger partial charge in [-0.15, -0.1) is 0 Å². The quantitative estimate of drug-likeness (QED) is 0.582. The Labute approximate surface area is 127 Å². The van der Waals surface area contributed by atoms with Crippen LogP contribution in [0.3, 0.4) is 0 Å². The fraction of sp³-hybridized carbons (Fsp3) is 0.538. The number of aromatic nitrogens is 3. The summed E-state index contributed by atoms with van der Waals surface area (Å²) in [6.45, 7) is 0.376. The summed E-state index contributed by atoms with van der Waals surface area (Å²) < 4.78 is 0. The molecule has 2 rings (SSSR count). The number of nitrogens with zero attached hydrogens (tertiary/aromatic N) is 3. The van der Waals surface area contributed by atoms with Crippen molar-refractivity contribution >= 4 is 34.3 Å². The van der Waals surface area contributed by atoms with Gasteiger partial charge in [0.1, 0.15) is 17.4 Å². The highest BCUT2D eigenvalue weighted by Crippen LogP contribution is 2.27. The summed E-state index contributed by atoms with van der Waals surface area (Å²) in [6, 6.07) is 0. The van der Waals surface area contributed by atoms with Crippen LogP contribution in [0.4, 0.5) is 11.5 Å². The highest BCUT2D eigenvalue weighted by atomic mass is 32.2. The van der Waals surface area contributed by atoms with Gasteiger partial charge in [0.15, 0.2) is 5.82 Å². The number of aliphatic hydroxyl groups is 2. The van der Waals surface area contributed by atoms with Crippen molar-refractivity contribution in [2.75, 3.05) is 42.8 Å². The second-order valence-electron chi connectivity index (χ2n) is 5.00. The van der Waals surface area contributed by atoms with Gasteiger partial charge in [-0.05, 0) is 6.26 Å². The standard InChI is InChI=1S/C13H21N5O2S/c1-18(4-8(6-21-2)10(20)5-19)9-3-15-12-11(9)16-7-17-13(12)14/h3,7-8,10,15,19-20H,4-6H2,1-2H3,(H2,14,16,17)/t8-,10-/m1/s1. The second kappa shape index (κ2) is 6.97. The molecule has 0 aliphatic rings. The van der Waals surface area contributed by atoms with E-state index in [1.54, 1.807) is 11.8 Å². The van der Waals surface area contributed by atoms with E-state index in [4.69, 9.17) is 10.8 Å². The minimum absolute atomic E-state index is 0.0286. The van der Waals surface area contributed by atoms with Crippen molar-refractivity contribution in [3.05, 3.63) is 12.5 Å². The number of rotatable bonds is 7. The Hall–Kier alpha value is -1.51. The fourth-order valence-electron chi connectivity index (χ4n) is 2.33. The molecule has 0 saturated carbocycles. The van der Waals surface area contributed by atoms with E-state index in [9.17, 15) is 5.11 Å². The number of anilines is 2. The van der Waals surface area contributed by atoms with E-state index >= 15 is 0 Å². The Morgan fingerprint density at radius 2 is 2.24 bits per heavy atom. The van der Waals surface area contributed by atoms with Crippen molar-refractivity contribution in [2.24, 2.45) is 5.92 Å². The Morgan fingerprint density at radius 1 is 1.48 bits per heavy atom. The molecule has 0 radical (unpaired) electrons. The number of hydrogen-bond donors (Lipinski definition) is 4. The third-order valence-electron chi connectivity index (χ3n) is 3.50.